The second-order valence-electron chi connectivity index (χ2n) is 5.83. The van der Waals surface area contributed by atoms with Crippen LogP contribution < -0.4 is 5.56 Å². The van der Waals surface area contributed by atoms with E-state index >= 15 is 0 Å². The highest BCUT2D eigenvalue weighted by molar-refractivity contribution is 7.17. The Morgan fingerprint density at radius 2 is 2.13 bits per heavy atom. The first-order valence-electron chi connectivity index (χ1n) is 7.66. The third-order valence-corrected chi connectivity index (χ3v) is 5.24. The maximum atomic E-state index is 13.1. The van der Waals surface area contributed by atoms with Crippen molar-refractivity contribution in [2.45, 2.75) is 25.4 Å². The molecule has 3 aromatic rings. The average Bonchev–Trinajstić information content (AvgIpc) is 3.17. The summed E-state index contributed by atoms with van der Waals surface area (Å²) in [6.45, 7) is 1.55. The number of halogens is 1. The largest absolute Gasteiger partial charge is 0.308 e. The van der Waals surface area contributed by atoms with E-state index in [2.05, 4.69) is 14.9 Å². The Morgan fingerprint density at radius 1 is 1.30 bits per heavy atom. The van der Waals surface area contributed by atoms with Crippen molar-refractivity contribution in [3.63, 3.8) is 0 Å². The van der Waals surface area contributed by atoms with Gasteiger partial charge in [-0.2, -0.15) is 0 Å². The van der Waals surface area contributed by atoms with Crippen molar-refractivity contribution in [3.05, 3.63) is 63.3 Å². The molecule has 0 aliphatic carbocycles. The van der Waals surface area contributed by atoms with Gasteiger partial charge in [0.15, 0.2) is 0 Å². The van der Waals surface area contributed by atoms with Crippen LogP contribution in [0.15, 0.2) is 40.5 Å². The molecule has 118 valence electrons. The molecule has 3 heterocycles. The lowest BCUT2D eigenvalue weighted by Crippen LogP contribution is -2.25. The summed E-state index contributed by atoms with van der Waals surface area (Å²) < 4.78 is 13.8. The normalized spacial score (nSPS) is 18.7. The Bertz CT molecular complexity index is 887. The molecule has 0 spiro atoms. The molecule has 23 heavy (non-hydrogen) atoms. The highest BCUT2D eigenvalue weighted by Crippen LogP contribution is 2.32. The lowest BCUT2D eigenvalue weighted by atomic mass is 10.0. The summed E-state index contributed by atoms with van der Waals surface area (Å²) in [6, 6.07) is 8.82. The van der Waals surface area contributed by atoms with Gasteiger partial charge in [0.25, 0.3) is 5.56 Å². The van der Waals surface area contributed by atoms with Gasteiger partial charge in [-0.15, -0.1) is 11.3 Å². The minimum Gasteiger partial charge on any atom is -0.308 e. The molecule has 0 saturated carbocycles. The van der Waals surface area contributed by atoms with Crippen LogP contribution in [-0.4, -0.2) is 21.4 Å². The van der Waals surface area contributed by atoms with E-state index in [9.17, 15) is 9.18 Å². The molecule has 1 saturated heterocycles. The fourth-order valence-electron chi connectivity index (χ4n) is 3.27. The van der Waals surface area contributed by atoms with E-state index in [1.165, 1.54) is 23.5 Å². The highest BCUT2D eigenvalue weighted by Gasteiger charge is 2.26. The molecule has 0 bridgehead atoms. The van der Waals surface area contributed by atoms with Crippen LogP contribution in [-0.2, 0) is 6.54 Å². The van der Waals surface area contributed by atoms with Crippen LogP contribution in [0.1, 0.15) is 30.3 Å². The van der Waals surface area contributed by atoms with E-state index in [0.29, 0.717) is 17.1 Å². The third-order valence-electron chi connectivity index (χ3n) is 4.34. The SMILES string of the molecule is O=c1[nH]c(CN2CCC[C@@H]2c2ccc(F)cc2)nc2ccsc12. The van der Waals surface area contributed by atoms with E-state index in [1.807, 2.05) is 23.6 Å². The molecule has 2 aromatic heterocycles. The number of hydrogen-bond acceptors (Lipinski definition) is 4. The van der Waals surface area contributed by atoms with E-state index in [1.54, 1.807) is 0 Å². The Labute approximate surface area is 136 Å². The van der Waals surface area contributed by atoms with Crippen molar-refractivity contribution in [2.24, 2.45) is 0 Å². The number of H-pyrrole nitrogens is 1. The predicted octanol–water partition coefficient (Wildman–Crippen LogP) is 3.46. The number of nitrogens with zero attached hydrogens (tertiary/aromatic N) is 2. The van der Waals surface area contributed by atoms with Crippen molar-refractivity contribution in [1.29, 1.82) is 0 Å². The lowest BCUT2D eigenvalue weighted by molar-refractivity contribution is 0.242. The average molecular weight is 329 g/mol. The molecule has 1 atom stereocenters. The van der Waals surface area contributed by atoms with Gasteiger partial charge < -0.3 is 4.98 Å². The lowest BCUT2D eigenvalue weighted by Gasteiger charge is -2.24. The van der Waals surface area contributed by atoms with Crippen molar-refractivity contribution < 1.29 is 4.39 Å². The minimum absolute atomic E-state index is 0.0717. The van der Waals surface area contributed by atoms with Gasteiger partial charge in [-0.3, -0.25) is 9.69 Å². The minimum atomic E-state index is -0.216. The number of benzene rings is 1. The van der Waals surface area contributed by atoms with Crippen LogP contribution in [0.2, 0.25) is 0 Å². The van der Waals surface area contributed by atoms with Gasteiger partial charge in [-0.05, 0) is 48.5 Å². The van der Waals surface area contributed by atoms with Gasteiger partial charge in [-0.25, -0.2) is 9.37 Å². The number of aromatic nitrogens is 2. The first-order valence-corrected chi connectivity index (χ1v) is 8.54. The molecule has 1 aliphatic heterocycles. The Kier molecular flexibility index (Phi) is 3.71. The number of aromatic amines is 1. The zero-order chi connectivity index (χ0) is 15.8. The number of fused-ring (bicyclic) bond motifs is 1. The molecule has 0 radical (unpaired) electrons. The Balaban J connectivity index is 1.61. The molecule has 1 N–H and O–H groups in total. The molecule has 0 amide bonds. The van der Waals surface area contributed by atoms with E-state index < -0.39 is 0 Å². The molecule has 1 aliphatic rings. The Hall–Kier alpha value is -2.05. The molecule has 4 nitrogen and oxygen atoms in total. The number of thiophene rings is 1. The van der Waals surface area contributed by atoms with Crippen molar-refractivity contribution in [3.8, 4) is 0 Å². The number of hydrogen-bond donors (Lipinski definition) is 1. The zero-order valence-electron chi connectivity index (χ0n) is 12.5. The first kappa shape index (κ1) is 14.5. The second-order valence-corrected chi connectivity index (χ2v) is 6.74. The zero-order valence-corrected chi connectivity index (χ0v) is 13.3. The summed E-state index contributed by atoms with van der Waals surface area (Å²) in [4.78, 5) is 21.8. The van der Waals surface area contributed by atoms with Gasteiger partial charge in [0.1, 0.15) is 16.3 Å². The molecule has 4 rings (SSSR count). The quantitative estimate of drug-likeness (QED) is 0.800. The number of rotatable bonds is 3. The summed E-state index contributed by atoms with van der Waals surface area (Å²) in [5.74, 6) is 0.474. The van der Waals surface area contributed by atoms with Gasteiger partial charge in [-0.1, -0.05) is 12.1 Å². The smallest absolute Gasteiger partial charge is 0.268 e. The number of nitrogens with one attached hydrogen (secondary N) is 1. The van der Waals surface area contributed by atoms with Gasteiger partial charge in [0.05, 0.1) is 12.1 Å². The highest BCUT2D eigenvalue weighted by atomic mass is 32.1. The molecule has 0 unspecified atom stereocenters. The van der Waals surface area contributed by atoms with Gasteiger partial charge in [0.2, 0.25) is 0 Å². The molecular weight excluding hydrogens is 313 g/mol. The second kappa shape index (κ2) is 5.86. The standard InChI is InChI=1S/C17H16FN3OS/c18-12-5-3-11(4-6-12)14-2-1-8-21(14)10-15-19-13-7-9-23-16(13)17(22)20-15/h3-7,9,14H,1-2,8,10H2,(H,19,20,22)/t14-/m1/s1. The fourth-order valence-corrected chi connectivity index (χ4v) is 3.99. The summed E-state index contributed by atoms with van der Waals surface area (Å²) in [7, 11) is 0. The maximum absolute atomic E-state index is 13.1. The van der Waals surface area contributed by atoms with Gasteiger partial charge >= 0.3 is 0 Å². The maximum Gasteiger partial charge on any atom is 0.268 e. The van der Waals surface area contributed by atoms with Crippen molar-refractivity contribution >= 4 is 21.6 Å². The number of likely N-dealkylation sites (tertiary alicyclic amines) is 1. The first-order chi connectivity index (χ1) is 11.2. The van der Waals surface area contributed by atoms with Crippen LogP contribution in [0.25, 0.3) is 10.2 Å². The molecule has 1 aromatic carbocycles. The predicted molar refractivity (Wildman–Crippen MR) is 89.0 cm³/mol. The monoisotopic (exact) mass is 329 g/mol. The van der Waals surface area contributed by atoms with Crippen LogP contribution in [0, 0.1) is 5.82 Å². The van der Waals surface area contributed by atoms with Crippen LogP contribution in [0.3, 0.4) is 0 Å². The molecular formula is C17H16FN3OS. The van der Waals surface area contributed by atoms with Crippen LogP contribution in [0.5, 0.6) is 0 Å². The van der Waals surface area contributed by atoms with Gasteiger partial charge in [0, 0.05) is 6.04 Å². The Morgan fingerprint density at radius 3 is 2.96 bits per heavy atom. The van der Waals surface area contributed by atoms with Crippen molar-refractivity contribution in [1.82, 2.24) is 14.9 Å². The van der Waals surface area contributed by atoms with E-state index in [0.717, 1.165) is 30.5 Å². The topological polar surface area (TPSA) is 49.0 Å². The summed E-state index contributed by atoms with van der Waals surface area (Å²) in [6.07, 6.45) is 2.13. The van der Waals surface area contributed by atoms with Crippen LogP contribution in [0.4, 0.5) is 4.39 Å². The summed E-state index contributed by atoms with van der Waals surface area (Å²) in [5, 5.41) is 1.88. The van der Waals surface area contributed by atoms with Crippen LogP contribution >= 0.6 is 11.3 Å². The third kappa shape index (κ3) is 2.80. The summed E-state index contributed by atoms with van der Waals surface area (Å²) in [5.41, 5.74) is 1.80. The fraction of sp³-hybridized carbons (Fsp3) is 0.294. The molecule has 1 fully saturated rings. The van der Waals surface area contributed by atoms with Crippen molar-refractivity contribution in [2.75, 3.05) is 6.54 Å². The molecule has 6 heteroatoms. The summed E-state index contributed by atoms with van der Waals surface area (Å²) >= 11 is 1.41. The van der Waals surface area contributed by atoms with E-state index in [-0.39, 0.29) is 17.4 Å². The van der Waals surface area contributed by atoms with E-state index in [4.69, 9.17) is 0 Å².